The number of epoxide rings is 1. The van der Waals surface area contributed by atoms with Crippen LogP contribution in [0.1, 0.15) is 114 Å². The second kappa shape index (κ2) is 29.4. The van der Waals surface area contributed by atoms with E-state index in [0.29, 0.717) is 25.2 Å². The highest BCUT2D eigenvalue weighted by molar-refractivity contribution is 7.80. The van der Waals surface area contributed by atoms with E-state index in [2.05, 4.69) is 33.8 Å². The molecule has 7 aliphatic heterocycles. The molecular weight excluding hydrogens is 1320 g/mol. The molecule has 97 heavy (non-hydrogen) atoms. The quantitative estimate of drug-likeness (QED) is 0.0310. The van der Waals surface area contributed by atoms with E-state index in [9.17, 15) is 94.7 Å². The molecule has 0 aromatic carbocycles. The number of ether oxygens (including phenoxy) is 13. The van der Waals surface area contributed by atoms with Crippen molar-refractivity contribution < 1.29 is 160 Å². The van der Waals surface area contributed by atoms with Crippen molar-refractivity contribution in [3.63, 3.8) is 0 Å². The van der Waals surface area contributed by atoms with E-state index in [0.717, 1.165) is 19.3 Å². The molecule has 11 rings (SSSR count). The van der Waals surface area contributed by atoms with Crippen LogP contribution in [0, 0.1) is 40.4 Å². The highest BCUT2D eigenvalue weighted by atomic mass is 32.3. The third-order valence-electron chi connectivity index (χ3n) is 23.4. The highest BCUT2D eigenvalue weighted by Crippen LogP contribution is 2.68. The molecule has 10 fully saturated rings. The van der Waals surface area contributed by atoms with Gasteiger partial charge in [-0.1, -0.05) is 39.3 Å². The van der Waals surface area contributed by atoms with E-state index in [1.165, 1.54) is 33.3 Å². The van der Waals surface area contributed by atoms with Gasteiger partial charge in [0.25, 0.3) is 0 Å². The first-order valence-electron chi connectivity index (χ1n) is 34.1. The van der Waals surface area contributed by atoms with Gasteiger partial charge < -0.3 is 143 Å². The summed E-state index contributed by atoms with van der Waals surface area (Å²) in [6.07, 6.45) is -49.9. The first-order chi connectivity index (χ1) is 45.4. The lowest BCUT2D eigenvalue weighted by Crippen LogP contribution is -2.69. The molecule has 41 unspecified atom stereocenters. The molecule has 0 spiro atoms. The fourth-order valence-corrected chi connectivity index (χ4v) is 18.4. The van der Waals surface area contributed by atoms with Crippen LogP contribution in [0.4, 0.5) is 0 Å². The fourth-order valence-electron chi connectivity index (χ4n) is 17.9. The van der Waals surface area contributed by atoms with E-state index >= 15 is 0 Å². The smallest absolute Gasteiger partial charge is 0.394 e. The normalized spacial score (nSPS) is 54.1. The van der Waals surface area contributed by atoms with Crippen LogP contribution in [-0.2, 0) is 76.2 Å². The third kappa shape index (κ3) is 14.7. The molecule has 0 radical (unpaired) electrons. The van der Waals surface area contributed by atoms with Crippen molar-refractivity contribution in [3.8, 4) is 0 Å². The second-order valence-electron chi connectivity index (χ2n) is 30.2. The molecule has 0 aromatic rings. The number of rotatable bonds is 20. The number of aliphatic hydroxyl groups excluding tert-OH is 15. The summed E-state index contributed by atoms with van der Waals surface area (Å²) in [6, 6.07) is 0. The van der Waals surface area contributed by atoms with Crippen LogP contribution >= 0.6 is 0 Å². The summed E-state index contributed by atoms with van der Waals surface area (Å²) in [5.74, 6) is -0.397. The monoisotopic (exact) mass is 1420 g/mol. The molecular formula is C63H104O33S. The molecule has 560 valence electrons. The standard InChI is InChI=1S/C63H104O33S/c1-21(2)16-32-54(87-32)63(9,79)35-11-10-28-27-18-31(30-17-26(96-97(80,81)82)12-14-61(30,7)29(27)13-15-62(28,35)8)88-58-48(78)51(38(68)24(5)85-58)93-59-52(94-55-43(73)40(70)36(66)22(3)83-55)46(76)49(25(6)86-59)91-60-53(95-56-44(74)41(71)37(67)23(4)84-56)47(77)50(34(20-65)90-60)92-57-45(75)42(72)39(69)33(19-64)89-57/h13,21-28,30-60,64-79H,10-12,14-20H2,1-9H3,(H,80,81,82). The molecule has 34 heteroatoms. The van der Waals surface area contributed by atoms with Crippen LogP contribution in [0.15, 0.2) is 11.6 Å². The van der Waals surface area contributed by atoms with Crippen molar-refractivity contribution in [2.45, 2.75) is 328 Å². The number of allylic oxidation sites excluding steroid dienone is 2. The van der Waals surface area contributed by atoms with Crippen LogP contribution in [-0.4, -0.2) is 322 Å². The molecule has 4 aliphatic carbocycles. The SMILES string of the molecule is CC(C)CC1OC1C(C)(O)C1CCC2C3CC(OC4OC(C)C(O)C(OC5OC(C)C(OC6OC(CO)C(OC7OC(CO)C(O)C(O)C7O)C(O)C6OC6OC(C)C(O)C(O)C6O)C(O)C5OC5OC(C)C(O)C(O)C5O)C4O)C4CC(OS(=O)(=O)O)CCC4(C)C3=CCC21C. The summed E-state index contributed by atoms with van der Waals surface area (Å²) in [6.45, 7) is 14.0. The topological polar surface area (TPSA) is 511 Å². The number of hydrogen-bond acceptors (Lipinski definition) is 32. The van der Waals surface area contributed by atoms with Gasteiger partial charge >= 0.3 is 10.4 Å². The zero-order valence-corrected chi connectivity index (χ0v) is 56.5. The van der Waals surface area contributed by atoms with Crippen LogP contribution in [0.25, 0.3) is 0 Å². The molecule has 41 atom stereocenters. The van der Waals surface area contributed by atoms with Crippen molar-refractivity contribution in [1.82, 2.24) is 0 Å². The maximum Gasteiger partial charge on any atom is 0.397 e. The first-order valence-corrected chi connectivity index (χ1v) is 35.5. The first kappa shape index (κ1) is 76.6. The summed E-state index contributed by atoms with van der Waals surface area (Å²) in [7, 11) is -4.91. The summed E-state index contributed by atoms with van der Waals surface area (Å²) in [5.41, 5.74) is -1.03. The molecule has 11 aliphatic rings. The molecule has 0 bridgehead atoms. The van der Waals surface area contributed by atoms with Crippen molar-refractivity contribution in [2.24, 2.45) is 40.4 Å². The molecule has 17 N–H and O–H groups in total. The van der Waals surface area contributed by atoms with Gasteiger partial charge in [-0.25, -0.2) is 4.18 Å². The number of fused-ring (bicyclic) bond motifs is 5. The Kier molecular flexibility index (Phi) is 23.2. The van der Waals surface area contributed by atoms with E-state index in [4.69, 9.17) is 65.8 Å². The average Bonchev–Trinajstić information content (AvgIpc) is 1.63. The van der Waals surface area contributed by atoms with Gasteiger partial charge in [0, 0.05) is 0 Å². The Hall–Kier alpha value is -1.55. The lowest BCUT2D eigenvalue weighted by molar-refractivity contribution is -0.413. The van der Waals surface area contributed by atoms with Crippen LogP contribution in [0.3, 0.4) is 0 Å². The largest absolute Gasteiger partial charge is 0.397 e. The summed E-state index contributed by atoms with van der Waals surface area (Å²) in [5, 5.41) is 181. The van der Waals surface area contributed by atoms with Crippen molar-refractivity contribution in [1.29, 1.82) is 0 Å². The predicted molar refractivity (Wildman–Crippen MR) is 322 cm³/mol. The Morgan fingerprint density at radius 2 is 1.00 bits per heavy atom. The van der Waals surface area contributed by atoms with Gasteiger partial charge in [0.05, 0.1) is 61.5 Å². The summed E-state index contributed by atoms with van der Waals surface area (Å²) >= 11 is 0. The number of hydrogen-bond donors (Lipinski definition) is 17. The minimum atomic E-state index is -4.91. The Morgan fingerprint density at radius 1 is 0.515 bits per heavy atom. The van der Waals surface area contributed by atoms with Gasteiger partial charge in [-0.15, -0.1) is 0 Å². The van der Waals surface area contributed by atoms with E-state index in [1.807, 2.05) is 6.92 Å². The van der Waals surface area contributed by atoms with Crippen molar-refractivity contribution in [2.75, 3.05) is 13.2 Å². The summed E-state index contributed by atoms with van der Waals surface area (Å²) in [4.78, 5) is 0. The van der Waals surface area contributed by atoms with Gasteiger partial charge in [-0.3, -0.25) is 4.55 Å². The predicted octanol–water partition coefficient (Wildman–Crippen LogP) is -4.66. The average molecular weight is 1420 g/mol. The summed E-state index contributed by atoms with van der Waals surface area (Å²) < 4.78 is 120. The maximum absolute atomic E-state index is 12.8. The van der Waals surface area contributed by atoms with E-state index < -0.39 is 242 Å². The minimum Gasteiger partial charge on any atom is -0.394 e. The lowest BCUT2D eigenvalue weighted by atomic mass is 9.47. The van der Waals surface area contributed by atoms with Gasteiger partial charge in [0.2, 0.25) is 0 Å². The molecule has 0 amide bonds. The minimum absolute atomic E-state index is 0.0310. The molecule has 7 saturated heterocycles. The van der Waals surface area contributed by atoms with Gasteiger partial charge in [0.1, 0.15) is 128 Å². The lowest BCUT2D eigenvalue weighted by Gasteiger charge is -2.60. The van der Waals surface area contributed by atoms with E-state index in [-0.39, 0.29) is 42.8 Å². The number of aliphatic hydroxyl groups is 16. The van der Waals surface area contributed by atoms with Crippen LogP contribution < -0.4 is 0 Å². The van der Waals surface area contributed by atoms with Crippen LogP contribution in [0.5, 0.6) is 0 Å². The van der Waals surface area contributed by atoms with Crippen molar-refractivity contribution >= 4 is 10.4 Å². The maximum atomic E-state index is 12.8. The van der Waals surface area contributed by atoms with Gasteiger partial charge in [-0.05, 0) is 126 Å². The van der Waals surface area contributed by atoms with Crippen LogP contribution in [0.2, 0.25) is 0 Å². The zero-order chi connectivity index (χ0) is 70.8. The highest BCUT2D eigenvalue weighted by Gasteiger charge is 2.67. The Morgan fingerprint density at radius 3 is 1.57 bits per heavy atom. The van der Waals surface area contributed by atoms with Crippen molar-refractivity contribution in [3.05, 3.63) is 11.6 Å². The molecule has 0 aromatic heterocycles. The van der Waals surface area contributed by atoms with Gasteiger partial charge in [-0.2, -0.15) is 8.42 Å². The zero-order valence-electron chi connectivity index (χ0n) is 55.7. The second-order valence-corrected chi connectivity index (χ2v) is 31.2. The Balaban J connectivity index is 0.875. The Bertz CT molecular complexity index is 2790. The van der Waals surface area contributed by atoms with Gasteiger partial charge in [0.15, 0.2) is 37.7 Å². The Labute approximate surface area is 562 Å². The third-order valence-corrected chi connectivity index (χ3v) is 23.9. The molecule has 3 saturated carbocycles. The molecule has 33 nitrogen and oxygen atoms in total. The van der Waals surface area contributed by atoms with E-state index in [1.54, 1.807) is 0 Å². The fraction of sp³-hybridized carbons (Fsp3) is 0.968. The molecule has 7 heterocycles.